The normalized spacial score (nSPS) is 24.6. The van der Waals surface area contributed by atoms with Gasteiger partial charge >= 0.3 is 12.1 Å². The summed E-state index contributed by atoms with van der Waals surface area (Å²) in [7, 11) is 0. The molecule has 2 N–H and O–H groups in total. The second-order valence-electron chi connectivity index (χ2n) is 7.51. The average molecular weight is 437 g/mol. The van der Waals surface area contributed by atoms with E-state index in [-0.39, 0.29) is 24.2 Å². The van der Waals surface area contributed by atoms with Gasteiger partial charge in [-0.3, -0.25) is 9.69 Å². The van der Waals surface area contributed by atoms with Crippen LogP contribution in [0.5, 0.6) is 0 Å². The number of aryl methyl sites for hydroxylation is 1. The Morgan fingerprint density at radius 1 is 1.45 bits per heavy atom. The number of carboxylic acids is 1. The molecule has 29 heavy (non-hydrogen) atoms. The molecule has 3 heterocycles. The second kappa shape index (κ2) is 9.86. The molecule has 3 atom stereocenters. The highest BCUT2D eigenvalue weighted by Crippen LogP contribution is 2.33. The number of piperidine rings is 1. The van der Waals surface area contributed by atoms with Crippen molar-refractivity contribution >= 4 is 23.2 Å². The fourth-order valence-corrected chi connectivity index (χ4v) is 4.00. The smallest absolute Gasteiger partial charge is 0.475 e. The number of ether oxygens (including phenoxy) is 1. The number of aliphatic carboxylic acids is 1. The lowest BCUT2D eigenvalue weighted by molar-refractivity contribution is -0.192. The van der Waals surface area contributed by atoms with Crippen LogP contribution in [0, 0.1) is 12.8 Å². The van der Waals surface area contributed by atoms with Gasteiger partial charge < -0.3 is 15.2 Å². The highest BCUT2D eigenvalue weighted by Gasteiger charge is 2.42. The second-order valence-corrected chi connectivity index (χ2v) is 8.57. The van der Waals surface area contributed by atoms with Gasteiger partial charge in [-0.2, -0.15) is 13.2 Å². The van der Waals surface area contributed by atoms with Crippen LogP contribution in [0.15, 0.2) is 5.38 Å². The van der Waals surface area contributed by atoms with Crippen LogP contribution in [0.1, 0.15) is 37.4 Å². The summed E-state index contributed by atoms with van der Waals surface area (Å²) in [6.07, 6.45) is -3.18. The molecule has 2 aliphatic rings. The van der Waals surface area contributed by atoms with Crippen molar-refractivity contribution in [3.05, 3.63) is 16.1 Å². The van der Waals surface area contributed by atoms with Gasteiger partial charge in [-0.15, -0.1) is 11.3 Å². The zero-order valence-corrected chi connectivity index (χ0v) is 17.3. The van der Waals surface area contributed by atoms with E-state index in [9.17, 15) is 18.0 Å². The predicted octanol–water partition coefficient (Wildman–Crippen LogP) is 2.59. The minimum atomic E-state index is -5.08. The molecule has 2 aliphatic heterocycles. The van der Waals surface area contributed by atoms with E-state index in [1.165, 1.54) is 0 Å². The van der Waals surface area contributed by atoms with Crippen molar-refractivity contribution in [3.63, 3.8) is 0 Å². The lowest BCUT2D eigenvalue weighted by Gasteiger charge is -2.33. The summed E-state index contributed by atoms with van der Waals surface area (Å²) in [5.74, 6) is -2.19. The zero-order valence-electron chi connectivity index (χ0n) is 16.5. The largest absolute Gasteiger partial charge is 0.490 e. The highest BCUT2D eigenvalue weighted by atomic mass is 32.1. The number of carbonyl (C=O) groups excluding carboxylic acids is 1. The Morgan fingerprint density at radius 2 is 2.10 bits per heavy atom. The molecule has 0 radical (unpaired) electrons. The van der Waals surface area contributed by atoms with Gasteiger partial charge in [-0.25, -0.2) is 9.78 Å². The third kappa shape index (κ3) is 7.23. The van der Waals surface area contributed by atoms with Gasteiger partial charge in [0.1, 0.15) is 6.10 Å². The number of thiazole rings is 1. The standard InChI is InChI=1S/C16H25N3O2S.C2HF3O2/c1-10(2)17-16(20)14-6-12-4-5-19(8-15(12)21-14)7-13-9-22-11(3)18-13;3-2(4,5)1(6)7/h9-10,12,14-15H,4-8H2,1-3H3,(H,17,20);(H,6,7)/t12-,14+,15-;/m0./s1. The van der Waals surface area contributed by atoms with Crippen molar-refractivity contribution in [1.29, 1.82) is 0 Å². The van der Waals surface area contributed by atoms with Crippen molar-refractivity contribution in [3.8, 4) is 0 Å². The fourth-order valence-electron chi connectivity index (χ4n) is 3.39. The van der Waals surface area contributed by atoms with E-state index in [0.717, 1.165) is 43.2 Å². The van der Waals surface area contributed by atoms with Gasteiger partial charge in [0, 0.05) is 24.5 Å². The summed E-state index contributed by atoms with van der Waals surface area (Å²) in [5.41, 5.74) is 1.15. The molecule has 11 heteroatoms. The number of likely N-dealkylation sites (tertiary alicyclic amines) is 1. The number of halogens is 3. The first-order chi connectivity index (χ1) is 13.5. The molecule has 1 aromatic rings. The van der Waals surface area contributed by atoms with Crippen LogP contribution < -0.4 is 5.32 Å². The third-order valence-electron chi connectivity index (χ3n) is 4.65. The number of aromatic nitrogens is 1. The number of carboxylic acid groups (broad SMARTS) is 1. The topological polar surface area (TPSA) is 91.8 Å². The van der Waals surface area contributed by atoms with Crippen LogP contribution >= 0.6 is 11.3 Å². The molecular formula is C18H26F3N3O4S. The van der Waals surface area contributed by atoms with Gasteiger partial charge in [-0.05, 0) is 46.1 Å². The number of amides is 1. The SMILES string of the molecule is Cc1nc(CN2CC[C@H]3C[C@H](C(=O)NC(C)C)O[C@H]3C2)cs1.O=C(O)C(F)(F)F. The third-order valence-corrected chi connectivity index (χ3v) is 5.48. The quantitative estimate of drug-likeness (QED) is 0.753. The maximum atomic E-state index is 12.1. The Bertz CT molecular complexity index is 711. The molecule has 2 saturated heterocycles. The summed E-state index contributed by atoms with van der Waals surface area (Å²) in [4.78, 5) is 28.0. The van der Waals surface area contributed by atoms with E-state index in [1.54, 1.807) is 11.3 Å². The number of nitrogens with zero attached hydrogens (tertiary/aromatic N) is 2. The molecule has 0 aromatic carbocycles. The maximum absolute atomic E-state index is 12.1. The van der Waals surface area contributed by atoms with Gasteiger partial charge in [0.2, 0.25) is 5.91 Å². The van der Waals surface area contributed by atoms with Crippen LogP contribution in [-0.4, -0.2) is 64.4 Å². The maximum Gasteiger partial charge on any atom is 0.490 e. The molecule has 0 aliphatic carbocycles. The first-order valence-electron chi connectivity index (χ1n) is 9.35. The van der Waals surface area contributed by atoms with Crippen LogP contribution in [0.25, 0.3) is 0 Å². The van der Waals surface area contributed by atoms with E-state index in [4.69, 9.17) is 14.6 Å². The van der Waals surface area contributed by atoms with Crippen molar-refractivity contribution < 1.29 is 32.6 Å². The van der Waals surface area contributed by atoms with Crippen molar-refractivity contribution in [2.75, 3.05) is 13.1 Å². The molecule has 0 spiro atoms. The van der Waals surface area contributed by atoms with Crippen LogP contribution in [-0.2, 0) is 20.9 Å². The van der Waals surface area contributed by atoms with Crippen LogP contribution in [0.3, 0.4) is 0 Å². The Kier molecular flexibility index (Phi) is 8.01. The monoisotopic (exact) mass is 437 g/mol. The summed E-state index contributed by atoms with van der Waals surface area (Å²) in [5, 5.41) is 13.3. The van der Waals surface area contributed by atoms with E-state index in [2.05, 4.69) is 20.6 Å². The Balaban J connectivity index is 0.000000370. The summed E-state index contributed by atoms with van der Waals surface area (Å²) in [6, 6.07) is 0.170. The molecule has 7 nitrogen and oxygen atoms in total. The molecule has 0 unspecified atom stereocenters. The molecular weight excluding hydrogens is 411 g/mol. The van der Waals surface area contributed by atoms with Crippen molar-refractivity contribution in [2.24, 2.45) is 5.92 Å². The number of fused-ring (bicyclic) bond motifs is 1. The first kappa shape index (κ1) is 23.6. The summed E-state index contributed by atoms with van der Waals surface area (Å²) < 4.78 is 37.8. The van der Waals surface area contributed by atoms with E-state index >= 15 is 0 Å². The van der Waals surface area contributed by atoms with Gasteiger partial charge in [-0.1, -0.05) is 0 Å². The number of nitrogens with one attached hydrogen (secondary N) is 1. The summed E-state index contributed by atoms with van der Waals surface area (Å²) >= 11 is 1.70. The predicted molar refractivity (Wildman–Crippen MR) is 100 cm³/mol. The number of carbonyl (C=O) groups is 2. The Morgan fingerprint density at radius 3 is 2.62 bits per heavy atom. The lowest BCUT2D eigenvalue weighted by atomic mass is 9.91. The van der Waals surface area contributed by atoms with Gasteiger partial charge in [0.15, 0.2) is 0 Å². The summed E-state index contributed by atoms with van der Waals surface area (Å²) in [6.45, 7) is 8.87. The molecule has 0 bridgehead atoms. The Hall–Kier alpha value is -1.72. The fraction of sp³-hybridized carbons (Fsp3) is 0.722. The molecule has 3 rings (SSSR count). The average Bonchev–Trinajstić information content (AvgIpc) is 3.19. The molecule has 2 fully saturated rings. The number of rotatable bonds is 4. The zero-order chi connectivity index (χ0) is 21.8. The van der Waals surface area contributed by atoms with Gasteiger partial charge in [0.05, 0.1) is 16.8 Å². The minimum Gasteiger partial charge on any atom is -0.475 e. The van der Waals surface area contributed by atoms with Gasteiger partial charge in [0.25, 0.3) is 0 Å². The minimum absolute atomic E-state index is 0.0473. The molecule has 0 saturated carbocycles. The van der Waals surface area contributed by atoms with E-state index in [1.807, 2.05) is 20.8 Å². The molecule has 1 amide bonds. The number of alkyl halides is 3. The molecule has 164 valence electrons. The van der Waals surface area contributed by atoms with Crippen molar-refractivity contribution in [1.82, 2.24) is 15.2 Å². The van der Waals surface area contributed by atoms with Crippen LogP contribution in [0.2, 0.25) is 0 Å². The first-order valence-corrected chi connectivity index (χ1v) is 10.2. The lowest BCUT2D eigenvalue weighted by Crippen LogP contribution is -2.42. The van der Waals surface area contributed by atoms with E-state index in [0.29, 0.717) is 5.92 Å². The van der Waals surface area contributed by atoms with Crippen molar-refractivity contribution in [2.45, 2.75) is 64.6 Å². The molecule has 1 aromatic heterocycles. The Labute approximate surface area is 171 Å². The highest BCUT2D eigenvalue weighted by molar-refractivity contribution is 7.09. The number of hydrogen-bond acceptors (Lipinski definition) is 6. The number of hydrogen-bond donors (Lipinski definition) is 2. The van der Waals surface area contributed by atoms with E-state index < -0.39 is 12.1 Å². The van der Waals surface area contributed by atoms with Crippen LogP contribution in [0.4, 0.5) is 13.2 Å².